The number of aryl methyl sites for hydroxylation is 1. The summed E-state index contributed by atoms with van der Waals surface area (Å²) in [4.78, 5) is 11.9. The Balaban J connectivity index is 1.79. The molecule has 0 fully saturated rings. The molecule has 1 aromatic carbocycles. The average molecular weight is 447 g/mol. The average Bonchev–Trinajstić information content (AvgIpc) is 2.77. The molecule has 0 aliphatic rings. The van der Waals surface area contributed by atoms with Crippen LogP contribution >= 0.6 is 0 Å². The van der Waals surface area contributed by atoms with E-state index in [0.717, 1.165) is 17.7 Å². The molecule has 0 bridgehead atoms. The van der Waals surface area contributed by atoms with Crippen LogP contribution in [0.4, 0.5) is 10.5 Å². The maximum absolute atomic E-state index is 11.9. The number of nitrogens with one attached hydrogen (secondary N) is 2. The van der Waals surface area contributed by atoms with Crippen molar-refractivity contribution >= 4 is 11.7 Å². The topological polar surface area (TPSA) is 61.4 Å². The lowest BCUT2D eigenvalue weighted by Crippen LogP contribution is -2.29. The quantitative estimate of drug-likeness (QED) is 0.138. The number of amides is 2. The van der Waals surface area contributed by atoms with Crippen molar-refractivity contribution in [1.82, 2.24) is 5.32 Å². The van der Waals surface area contributed by atoms with Crippen LogP contribution in [0.5, 0.6) is 5.75 Å². The molecule has 32 heavy (non-hydrogen) atoms. The van der Waals surface area contributed by atoms with Gasteiger partial charge < -0.3 is 15.7 Å². The van der Waals surface area contributed by atoms with E-state index >= 15 is 0 Å². The highest BCUT2D eigenvalue weighted by Crippen LogP contribution is 2.20. The molecule has 0 heterocycles. The van der Waals surface area contributed by atoms with Gasteiger partial charge >= 0.3 is 6.03 Å². The first-order chi connectivity index (χ1) is 15.6. The van der Waals surface area contributed by atoms with E-state index in [1.807, 2.05) is 6.92 Å². The van der Waals surface area contributed by atoms with Crippen LogP contribution < -0.4 is 10.6 Å². The monoisotopic (exact) mass is 446 g/mol. The van der Waals surface area contributed by atoms with Crippen molar-refractivity contribution in [2.45, 2.75) is 129 Å². The summed E-state index contributed by atoms with van der Waals surface area (Å²) in [5, 5.41) is 15.2. The van der Waals surface area contributed by atoms with Crippen LogP contribution in [-0.4, -0.2) is 17.7 Å². The van der Waals surface area contributed by atoms with E-state index < -0.39 is 0 Å². The van der Waals surface area contributed by atoms with Crippen molar-refractivity contribution in [1.29, 1.82) is 0 Å². The molecular weight excluding hydrogens is 396 g/mol. The molecule has 1 aromatic rings. The second kappa shape index (κ2) is 19.9. The zero-order valence-electron chi connectivity index (χ0n) is 21.0. The highest BCUT2D eigenvalue weighted by molar-refractivity contribution is 5.90. The van der Waals surface area contributed by atoms with Crippen molar-refractivity contribution in [3.63, 3.8) is 0 Å². The Morgan fingerprint density at radius 1 is 0.719 bits per heavy atom. The first-order valence-corrected chi connectivity index (χ1v) is 13.5. The minimum Gasteiger partial charge on any atom is -0.508 e. The SMILES string of the molecule is CCCCCCCCCCCCCCCCCCCCNC(=O)Nc1ccc(O)cc1C. The molecule has 0 saturated heterocycles. The summed E-state index contributed by atoms with van der Waals surface area (Å²) in [5.41, 5.74) is 1.59. The Hall–Kier alpha value is -1.71. The van der Waals surface area contributed by atoms with Gasteiger partial charge in [-0.15, -0.1) is 0 Å². The molecule has 0 saturated carbocycles. The molecule has 4 heteroatoms. The van der Waals surface area contributed by atoms with Crippen LogP contribution in [0.25, 0.3) is 0 Å². The first-order valence-electron chi connectivity index (χ1n) is 13.5. The Morgan fingerprint density at radius 2 is 1.16 bits per heavy atom. The lowest BCUT2D eigenvalue weighted by molar-refractivity contribution is 0.252. The van der Waals surface area contributed by atoms with Gasteiger partial charge in [-0.05, 0) is 37.1 Å². The molecule has 0 radical (unpaired) electrons. The minimum absolute atomic E-state index is 0.175. The molecule has 0 atom stereocenters. The third kappa shape index (κ3) is 16.0. The molecule has 0 aliphatic heterocycles. The van der Waals surface area contributed by atoms with Gasteiger partial charge in [-0.2, -0.15) is 0 Å². The van der Waals surface area contributed by atoms with Crippen molar-refractivity contribution < 1.29 is 9.90 Å². The van der Waals surface area contributed by atoms with E-state index in [0.29, 0.717) is 6.54 Å². The molecule has 1 rings (SSSR count). The third-order valence-corrected chi connectivity index (χ3v) is 6.27. The summed E-state index contributed by atoms with van der Waals surface area (Å²) in [6.45, 7) is 4.86. The Kier molecular flexibility index (Phi) is 17.6. The maximum Gasteiger partial charge on any atom is 0.319 e. The lowest BCUT2D eigenvalue weighted by Gasteiger charge is -2.10. The molecule has 2 amide bonds. The van der Waals surface area contributed by atoms with Gasteiger partial charge in [0.25, 0.3) is 0 Å². The van der Waals surface area contributed by atoms with Gasteiger partial charge in [0, 0.05) is 12.2 Å². The van der Waals surface area contributed by atoms with Crippen LogP contribution in [0.2, 0.25) is 0 Å². The number of anilines is 1. The van der Waals surface area contributed by atoms with Crippen molar-refractivity contribution in [3.8, 4) is 5.75 Å². The van der Waals surface area contributed by atoms with Crippen LogP contribution in [0.3, 0.4) is 0 Å². The largest absolute Gasteiger partial charge is 0.508 e. The predicted octanol–water partition coefficient (Wildman–Crippen LogP) is 8.86. The highest BCUT2D eigenvalue weighted by Gasteiger charge is 2.04. The van der Waals surface area contributed by atoms with Gasteiger partial charge in [0.05, 0.1) is 0 Å². The van der Waals surface area contributed by atoms with Gasteiger partial charge in [-0.3, -0.25) is 0 Å². The summed E-state index contributed by atoms with van der Waals surface area (Å²) in [5.74, 6) is 0.215. The van der Waals surface area contributed by atoms with E-state index in [-0.39, 0.29) is 11.8 Å². The molecule has 184 valence electrons. The molecule has 0 aromatic heterocycles. The molecule has 0 spiro atoms. The standard InChI is InChI=1S/C28H50N2O2/c1-3-4-5-6-7-8-9-10-11-12-13-14-15-16-17-18-19-20-23-29-28(32)30-27-22-21-26(31)24-25(27)2/h21-22,24,31H,3-20,23H2,1-2H3,(H2,29,30,32). The van der Waals surface area contributed by atoms with Crippen molar-refractivity contribution in [3.05, 3.63) is 23.8 Å². The van der Waals surface area contributed by atoms with Gasteiger partial charge in [0.15, 0.2) is 0 Å². The summed E-state index contributed by atoms with van der Waals surface area (Å²) < 4.78 is 0. The number of carbonyl (C=O) groups excluding carboxylic acids is 1. The minimum atomic E-state index is -0.175. The number of hydrogen-bond acceptors (Lipinski definition) is 2. The maximum atomic E-state index is 11.9. The van der Waals surface area contributed by atoms with Crippen LogP contribution in [0, 0.1) is 6.92 Å². The summed E-state index contributed by atoms with van der Waals surface area (Å²) >= 11 is 0. The summed E-state index contributed by atoms with van der Waals surface area (Å²) in [6.07, 6.45) is 24.6. The van der Waals surface area contributed by atoms with Crippen LogP contribution in [0.1, 0.15) is 128 Å². The van der Waals surface area contributed by atoms with E-state index in [9.17, 15) is 9.90 Å². The summed E-state index contributed by atoms with van der Waals surface area (Å²) in [6, 6.07) is 4.78. The normalized spacial score (nSPS) is 10.9. The summed E-state index contributed by atoms with van der Waals surface area (Å²) in [7, 11) is 0. The number of hydrogen-bond donors (Lipinski definition) is 3. The third-order valence-electron chi connectivity index (χ3n) is 6.27. The number of urea groups is 1. The number of benzene rings is 1. The zero-order chi connectivity index (χ0) is 23.3. The van der Waals surface area contributed by atoms with Gasteiger partial charge in [-0.1, -0.05) is 116 Å². The number of carbonyl (C=O) groups is 1. The van der Waals surface area contributed by atoms with E-state index in [2.05, 4.69) is 17.6 Å². The molecule has 3 N–H and O–H groups in total. The van der Waals surface area contributed by atoms with Gasteiger partial charge in [-0.25, -0.2) is 4.79 Å². The fraction of sp³-hybridized carbons (Fsp3) is 0.750. The number of aromatic hydroxyl groups is 1. The fourth-order valence-corrected chi connectivity index (χ4v) is 4.18. The zero-order valence-corrected chi connectivity index (χ0v) is 21.0. The second-order valence-corrected chi connectivity index (χ2v) is 9.39. The van der Waals surface area contributed by atoms with E-state index in [1.54, 1.807) is 18.2 Å². The van der Waals surface area contributed by atoms with E-state index in [4.69, 9.17) is 0 Å². The molecule has 4 nitrogen and oxygen atoms in total. The lowest BCUT2D eigenvalue weighted by atomic mass is 10.0. The van der Waals surface area contributed by atoms with Crippen LogP contribution in [0.15, 0.2) is 18.2 Å². The number of rotatable bonds is 20. The number of unbranched alkanes of at least 4 members (excludes halogenated alkanes) is 17. The van der Waals surface area contributed by atoms with Gasteiger partial charge in [0.1, 0.15) is 5.75 Å². The number of phenolic OH excluding ortho intramolecular Hbond substituents is 1. The molecule has 0 unspecified atom stereocenters. The Bertz CT molecular complexity index is 589. The first kappa shape index (κ1) is 28.3. The smallest absolute Gasteiger partial charge is 0.319 e. The predicted molar refractivity (Wildman–Crippen MR) is 139 cm³/mol. The molecular formula is C28H50N2O2. The Morgan fingerprint density at radius 3 is 1.59 bits per heavy atom. The fourth-order valence-electron chi connectivity index (χ4n) is 4.18. The van der Waals surface area contributed by atoms with Crippen molar-refractivity contribution in [2.24, 2.45) is 0 Å². The molecule has 0 aliphatic carbocycles. The second-order valence-electron chi connectivity index (χ2n) is 9.39. The van der Waals surface area contributed by atoms with E-state index in [1.165, 1.54) is 109 Å². The van der Waals surface area contributed by atoms with Gasteiger partial charge in [0.2, 0.25) is 0 Å². The van der Waals surface area contributed by atoms with Crippen molar-refractivity contribution in [2.75, 3.05) is 11.9 Å². The number of phenols is 1. The Labute approximate surface area is 198 Å². The van der Waals surface area contributed by atoms with Crippen LogP contribution in [-0.2, 0) is 0 Å². The highest BCUT2D eigenvalue weighted by atomic mass is 16.3.